The second-order valence-electron chi connectivity index (χ2n) is 2.76. The molecule has 72 valence electrons. The second-order valence-corrected chi connectivity index (χ2v) is 2.76. The first kappa shape index (κ1) is 8.68. The van der Waals surface area contributed by atoms with Gasteiger partial charge in [-0.1, -0.05) is 0 Å². The summed E-state index contributed by atoms with van der Waals surface area (Å²) in [6.45, 7) is 1.77. The predicted octanol–water partition coefficient (Wildman–Crippen LogP) is 2.04. The summed E-state index contributed by atoms with van der Waals surface area (Å²) in [5.41, 5.74) is 0. The van der Waals surface area contributed by atoms with E-state index in [2.05, 4.69) is 15.2 Å². The Balaban J connectivity index is 2.15. The minimum Gasteiger partial charge on any atom is -0.423 e. The average molecular weight is 193 g/mol. The maximum absolute atomic E-state index is 12.5. The Morgan fingerprint density at radius 3 is 2.57 bits per heavy atom. The van der Waals surface area contributed by atoms with E-state index in [0.29, 0.717) is 11.6 Å². The van der Waals surface area contributed by atoms with Crippen LogP contribution in [0, 0.1) is 12.7 Å². The zero-order chi connectivity index (χ0) is 9.97. The molecular formula is C9H8FN3O. The van der Waals surface area contributed by atoms with Gasteiger partial charge < -0.3 is 4.74 Å². The molecule has 0 bridgehead atoms. The van der Waals surface area contributed by atoms with Crippen LogP contribution in [0.5, 0.6) is 11.8 Å². The largest absolute Gasteiger partial charge is 0.423 e. The van der Waals surface area contributed by atoms with Crippen LogP contribution in [0.2, 0.25) is 0 Å². The molecule has 5 heteroatoms. The lowest BCUT2D eigenvalue weighted by atomic mass is 10.3. The third-order valence-electron chi connectivity index (χ3n) is 1.60. The summed E-state index contributed by atoms with van der Waals surface area (Å²) in [4.78, 5) is 3.95. The molecule has 1 aromatic heterocycles. The van der Waals surface area contributed by atoms with Gasteiger partial charge in [-0.3, -0.25) is 5.10 Å². The molecule has 0 aliphatic rings. The summed E-state index contributed by atoms with van der Waals surface area (Å²) in [6, 6.07) is 5.89. The molecule has 0 atom stereocenters. The van der Waals surface area contributed by atoms with Gasteiger partial charge in [-0.15, -0.1) is 5.10 Å². The number of ether oxygens (including phenoxy) is 1. The zero-order valence-corrected chi connectivity index (χ0v) is 7.49. The van der Waals surface area contributed by atoms with E-state index < -0.39 is 0 Å². The smallest absolute Gasteiger partial charge is 0.341 e. The van der Waals surface area contributed by atoms with Crippen LogP contribution in [0.15, 0.2) is 24.3 Å². The Labute approximate surface area is 79.7 Å². The van der Waals surface area contributed by atoms with Crippen LogP contribution in [0.4, 0.5) is 4.39 Å². The van der Waals surface area contributed by atoms with E-state index in [1.165, 1.54) is 24.3 Å². The van der Waals surface area contributed by atoms with Gasteiger partial charge in [0.05, 0.1) is 0 Å². The Bertz CT molecular complexity index is 424. The van der Waals surface area contributed by atoms with Crippen LogP contribution in [-0.4, -0.2) is 15.2 Å². The Morgan fingerprint density at radius 2 is 2.00 bits per heavy atom. The lowest BCUT2D eigenvalue weighted by Crippen LogP contribution is -1.86. The van der Waals surface area contributed by atoms with E-state index in [-0.39, 0.29) is 11.8 Å². The zero-order valence-electron chi connectivity index (χ0n) is 7.49. The number of halogens is 1. The topological polar surface area (TPSA) is 50.8 Å². The first-order valence-electron chi connectivity index (χ1n) is 4.06. The molecular weight excluding hydrogens is 185 g/mol. The van der Waals surface area contributed by atoms with Gasteiger partial charge in [-0.2, -0.15) is 4.98 Å². The predicted molar refractivity (Wildman–Crippen MR) is 47.6 cm³/mol. The van der Waals surface area contributed by atoms with Crippen molar-refractivity contribution in [3.05, 3.63) is 35.9 Å². The number of aromatic amines is 1. The van der Waals surface area contributed by atoms with Crippen molar-refractivity contribution in [3.8, 4) is 11.8 Å². The van der Waals surface area contributed by atoms with E-state index in [1.54, 1.807) is 6.92 Å². The van der Waals surface area contributed by atoms with E-state index in [4.69, 9.17) is 4.74 Å². The number of H-pyrrole nitrogens is 1. The van der Waals surface area contributed by atoms with E-state index in [0.717, 1.165) is 0 Å². The standard InChI is InChI=1S/C9H8FN3O/c1-6-11-9(13-12-6)14-8-4-2-7(10)3-5-8/h2-5H,1H3,(H,11,12,13). The number of aryl methyl sites for hydroxylation is 1. The van der Waals surface area contributed by atoms with Crippen molar-refractivity contribution in [2.24, 2.45) is 0 Å². The maximum Gasteiger partial charge on any atom is 0.341 e. The van der Waals surface area contributed by atoms with Gasteiger partial charge in [0.2, 0.25) is 0 Å². The second kappa shape index (κ2) is 3.45. The summed E-state index contributed by atoms with van der Waals surface area (Å²) in [5.74, 6) is 0.871. The van der Waals surface area contributed by atoms with Gasteiger partial charge in [0.15, 0.2) is 0 Å². The number of nitrogens with zero attached hydrogens (tertiary/aromatic N) is 2. The van der Waals surface area contributed by atoms with Crippen molar-refractivity contribution in [1.29, 1.82) is 0 Å². The van der Waals surface area contributed by atoms with Gasteiger partial charge in [0.1, 0.15) is 17.4 Å². The number of benzene rings is 1. The van der Waals surface area contributed by atoms with Crippen molar-refractivity contribution in [2.45, 2.75) is 6.92 Å². The van der Waals surface area contributed by atoms with E-state index >= 15 is 0 Å². The molecule has 0 unspecified atom stereocenters. The SMILES string of the molecule is Cc1nc(Oc2ccc(F)cc2)n[nH]1. The lowest BCUT2D eigenvalue weighted by Gasteiger charge is -1.98. The Morgan fingerprint density at radius 1 is 1.29 bits per heavy atom. The molecule has 4 nitrogen and oxygen atoms in total. The minimum atomic E-state index is -0.302. The van der Waals surface area contributed by atoms with Crippen LogP contribution in [0.25, 0.3) is 0 Å². The van der Waals surface area contributed by atoms with Crippen LogP contribution in [0.3, 0.4) is 0 Å². The average Bonchev–Trinajstić information content (AvgIpc) is 2.56. The van der Waals surface area contributed by atoms with Crippen molar-refractivity contribution in [1.82, 2.24) is 15.2 Å². The van der Waals surface area contributed by atoms with E-state index in [1.807, 2.05) is 0 Å². The molecule has 1 heterocycles. The molecule has 0 aliphatic carbocycles. The monoisotopic (exact) mass is 193 g/mol. The number of hydrogen-bond acceptors (Lipinski definition) is 3. The first-order chi connectivity index (χ1) is 6.74. The molecule has 1 aromatic carbocycles. The number of nitrogens with one attached hydrogen (secondary N) is 1. The fraction of sp³-hybridized carbons (Fsp3) is 0.111. The minimum absolute atomic E-state index is 0.231. The molecule has 0 saturated heterocycles. The fourth-order valence-corrected chi connectivity index (χ4v) is 0.976. The van der Waals surface area contributed by atoms with Crippen LogP contribution in [0.1, 0.15) is 5.82 Å². The molecule has 1 N–H and O–H groups in total. The molecule has 14 heavy (non-hydrogen) atoms. The van der Waals surface area contributed by atoms with Crippen molar-refractivity contribution < 1.29 is 9.13 Å². The van der Waals surface area contributed by atoms with Crippen molar-refractivity contribution in [3.63, 3.8) is 0 Å². The quantitative estimate of drug-likeness (QED) is 0.794. The van der Waals surface area contributed by atoms with E-state index in [9.17, 15) is 4.39 Å². The first-order valence-corrected chi connectivity index (χ1v) is 4.06. The van der Waals surface area contributed by atoms with Gasteiger partial charge in [-0.05, 0) is 31.2 Å². The van der Waals surface area contributed by atoms with Gasteiger partial charge in [0.25, 0.3) is 0 Å². The van der Waals surface area contributed by atoms with Crippen LogP contribution in [-0.2, 0) is 0 Å². The molecule has 2 rings (SSSR count). The lowest BCUT2D eigenvalue weighted by molar-refractivity contribution is 0.442. The molecule has 0 radical (unpaired) electrons. The summed E-state index contributed by atoms with van der Waals surface area (Å²) in [7, 11) is 0. The highest BCUT2D eigenvalue weighted by Gasteiger charge is 2.01. The number of rotatable bonds is 2. The van der Waals surface area contributed by atoms with Gasteiger partial charge in [0, 0.05) is 0 Å². The maximum atomic E-state index is 12.5. The highest BCUT2D eigenvalue weighted by atomic mass is 19.1. The molecule has 2 aromatic rings. The summed E-state index contributed by atoms with van der Waals surface area (Å²) < 4.78 is 17.8. The van der Waals surface area contributed by atoms with Crippen molar-refractivity contribution in [2.75, 3.05) is 0 Å². The molecule has 0 spiro atoms. The number of hydrogen-bond donors (Lipinski definition) is 1. The normalized spacial score (nSPS) is 10.1. The van der Waals surface area contributed by atoms with Crippen molar-refractivity contribution >= 4 is 0 Å². The van der Waals surface area contributed by atoms with Gasteiger partial charge in [-0.25, -0.2) is 4.39 Å². The van der Waals surface area contributed by atoms with Crippen LogP contribution < -0.4 is 4.74 Å². The Hall–Kier alpha value is -1.91. The molecule has 0 saturated carbocycles. The highest BCUT2D eigenvalue weighted by molar-refractivity contribution is 5.24. The molecule has 0 aliphatic heterocycles. The molecule has 0 amide bonds. The third kappa shape index (κ3) is 1.87. The highest BCUT2D eigenvalue weighted by Crippen LogP contribution is 2.17. The summed E-state index contributed by atoms with van der Waals surface area (Å²) in [6.07, 6.45) is 0. The summed E-state index contributed by atoms with van der Waals surface area (Å²) in [5, 5.41) is 6.42. The summed E-state index contributed by atoms with van der Waals surface area (Å²) >= 11 is 0. The number of aromatic nitrogens is 3. The Kier molecular flexibility index (Phi) is 2.14. The molecule has 0 fully saturated rings. The third-order valence-corrected chi connectivity index (χ3v) is 1.60. The fourth-order valence-electron chi connectivity index (χ4n) is 0.976. The van der Waals surface area contributed by atoms with Gasteiger partial charge >= 0.3 is 6.01 Å². The van der Waals surface area contributed by atoms with Crippen LogP contribution >= 0.6 is 0 Å².